The number of hydrogen-bond donors (Lipinski definition) is 2. The fourth-order valence-corrected chi connectivity index (χ4v) is 1.78. The summed E-state index contributed by atoms with van der Waals surface area (Å²) in [6.07, 6.45) is 4.60. The van der Waals surface area contributed by atoms with Crippen LogP contribution in [0, 0.1) is 0 Å². The fraction of sp³-hybridized carbons (Fsp3) is 0.571. The third-order valence-electron chi connectivity index (χ3n) is 2.76. The van der Waals surface area contributed by atoms with E-state index in [0.717, 1.165) is 13.0 Å². The van der Waals surface area contributed by atoms with Gasteiger partial charge in [-0.25, -0.2) is 0 Å². The Balaban J connectivity index is 2.26. The van der Waals surface area contributed by atoms with Gasteiger partial charge in [-0.3, -0.25) is 0 Å². The second-order valence-electron chi connectivity index (χ2n) is 4.23. The summed E-state index contributed by atoms with van der Waals surface area (Å²) >= 11 is 0. The van der Waals surface area contributed by atoms with Crippen LogP contribution < -0.4 is 5.32 Å². The molecule has 0 fully saturated rings. The summed E-state index contributed by atoms with van der Waals surface area (Å²) in [6, 6.07) is 10.5. The van der Waals surface area contributed by atoms with Gasteiger partial charge in [0.2, 0.25) is 0 Å². The highest BCUT2D eigenvalue weighted by Crippen LogP contribution is 2.03. The zero-order chi connectivity index (χ0) is 11.6. The highest BCUT2D eigenvalue weighted by atomic mass is 16.3. The molecular weight excluding hydrogens is 198 g/mol. The minimum atomic E-state index is 0.194. The van der Waals surface area contributed by atoms with Gasteiger partial charge in [-0.1, -0.05) is 50.1 Å². The standard InChI is InChI=1S/C14H23NO/c1-2-3-7-10-15-14(12-16)11-13-8-5-4-6-9-13/h4-6,8-9,14-16H,2-3,7,10-12H2,1H3. The van der Waals surface area contributed by atoms with E-state index in [9.17, 15) is 5.11 Å². The molecule has 0 aromatic heterocycles. The monoisotopic (exact) mass is 221 g/mol. The Hall–Kier alpha value is -0.860. The van der Waals surface area contributed by atoms with E-state index in [4.69, 9.17) is 0 Å². The largest absolute Gasteiger partial charge is 0.395 e. The second kappa shape index (κ2) is 8.31. The fourth-order valence-electron chi connectivity index (χ4n) is 1.78. The zero-order valence-electron chi connectivity index (χ0n) is 10.2. The van der Waals surface area contributed by atoms with Crippen LogP contribution >= 0.6 is 0 Å². The number of hydrogen-bond acceptors (Lipinski definition) is 2. The van der Waals surface area contributed by atoms with Crippen LogP contribution in [0.4, 0.5) is 0 Å². The Labute approximate surface area is 98.7 Å². The molecule has 2 heteroatoms. The van der Waals surface area contributed by atoms with Crippen molar-refractivity contribution in [2.24, 2.45) is 0 Å². The van der Waals surface area contributed by atoms with E-state index in [2.05, 4.69) is 24.4 Å². The minimum Gasteiger partial charge on any atom is -0.395 e. The normalized spacial score (nSPS) is 12.6. The molecule has 2 N–H and O–H groups in total. The molecule has 0 radical (unpaired) electrons. The van der Waals surface area contributed by atoms with Gasteiger partial charge in [0.1, 0.15) is 0 Å². The van der Waals surface area contributed by atoms with E-state index < -0.39 is 0 Å². The maximum Gasteiger partial charge on any atom is 0.0587 e. The summed E-state index contributed by atoms with van der Waals surface area (Å²) in [4.78, 5) is 0. The van der Waals surface area contributed by atoms with Crippen LogP contribution in [-0.2, 0) is 6.42 Å². The number of aliphatic hydroxyl groups excluding tert-OH is 1. The lowest BCUT2D eigenvalue weighted by molar-refractivity contribution is 0.241. The third kappa shape index (κ3) is 5.29. The van der Waals surface area contributed by atoms with Gasteiger partial charge in [0.05, 0.1) is 6.61 Å². The number of aliphatic hydroxyl groups is 1. The van der Waals surface area contributed by atoms with Gasteiger partial charge in [0.25, 0.3) is 0 Å². The molecule has 1 unspecified atom stereocenters. The van der Waals surface area contributed by atoms with E-state index >= 15 is 0 Å². The van der Waals surface area contributed by atoms with Crippen LogP contribution in [0.2, 0.25) is 0 Å². The van der Waals surface area contributed by atoms with Gasteiger partial charge in [0, 0.05) is 6.04 Å². The molecule has 1 aromatic carbocycles. The van der Waals surface area contributed by atoms with Crippen molar-refractivity contribution >= 4 is 0 Å². The van der Waals surface area contributed by atoms with Crippen LogP contribution in [0.3, 0.4) is 0 Å². The van der Waals surface area contributed by atoms with E-state index in [1.54, 1.807) is 0 Å². The summed E-state index contributed by atoms with van der Waals surface area (Å²) in [5.74, 6) is 0. The molecule has 2 nitrogen and oxygen atoms in total. The molecule has 1 aromatic rings. The van der Waals surface area contributed by atoms with E-state index in [1.807, 2.05) is 18.2 Å². The van der Waals surface area contributed by atoms with Crippen molar-refractivity contribution in [3.05, 3.63) is 35.9 Å². The predicted octanol–water partition coefficient (Wildman–Crippen LogP) is 2.37. The molecular formula is C14H23NO. The van der Waals surface area contributed by atoms with Crippen molar-refractivity contribution in [2.45, 2.75) is 38.6 Å². The van der Waals surface area contributed by atoms with Gasteiger partial charge in [-0.2, -0.15) is 0 Å². The molecule has 0 bridgehead atoms. The summed E-state index contributed by atoms with van der Waals surface area (Å²) in [5.41, 5.74) is 1.28. The first-order valence-electron chi connectivity index (χ1n) is 6.25. The van der Waals surface area contributed by atoms with Gasteiger partial charge < -0.3 is 10.4 Å². The molecule has 1 atom stereocenters. The van der Waals surface area contributed by atoms with E-state index in [1.165, 1.54) is 24.8 Å². The van der Waals surface area contributed by atoms with Crippen molar-refractivity contribution in [1.29, 1.82) is 0 Å². The van der Waals surface area contributed by atoms with Gasteiger partial charge in [-0.05, 0) is 24.9 Å². The lowest BCUT2D eigenvalue weighted by Crippen LogP contribution is -2.35. The Morgan fingerprint density at radius 2 is 1.94 bits per heavy atom. The first kappa shape index (κ1) is 13.2. The van der Waals surface area contributed by atoms with Crippen molar-refractivity contribution in [3.8, 4) is 0 Å². The van der Waals surface area contributed by atoms with Gasteiger partial charge in [-0.15, -0.1) is 0 Å². The molecule has 0 aliphatic rings. The molecule has 0 spiro atoms. The van der Waals surface area contributed by atoms with Crippen LogP contribution in [-0.4, -0.2) is 24.3 Å². The van der Waals surface area contributed by atoms with Crippen LogP contribution in [0.25, 0.3) is 0 Å². The molecule has 0 saturated carbocycles. The maximum absolute atomic E-state index is 9.28. The molecule has 1 rings (SSSR count). The summed E-state index contributed by atoms with van der Waals surface area (Å²) < 4.78 is 0. The molecule has 0 saturated heterocycles. The number of benzene rings is 1. The number of rotatable bonds is 8. The quantitative estimate of drug-likeness (QED) is 0.661. The topological polar surface area (TPSA) is 32.3 Å². The van der Waals surface area contributed by atoms with Crippen LogP contribution in [0.5, 0.6) is 0 Å². The average molecular weight is 221 g/mol. The Kier molecular flexibility index (Phi) is 6.86. The lowest BCUT2D eigenvalue weighted by atomic mass is 10.1. The zero-order valence-corrected chi connectivity index (χ0v) is 10.2. The summed E-state index contributed by atoms with van der Waals surface area (Å²) in [7, 11) is 0. The first-order valence-corrected chi connectivity index (χ1v) is 6.25. The summed E-state index contributed by atoms with van der Waals surface area (Å²) in [5, 5.41) is 12.7. The number of unbranched alkanes of at least 4 members (excludes halogenated alkanes) is 2. The van der Waals surface area contributed by atoms with Crippen molar-refractivity contribution in [1.82, 2.24) is 5.32 Å². The molecule has 90 valence electrons. The van der Waals surface area contributed by atoms with Gasteiger partial charge in [0.15, 0.2) is 0 Å². The Bertz CT molecular complexity index is 261. The molecule has 0 aliphatic heterocycles. The predicted molar refractivity (Wildman–Crippen MR) is 68.5 cm³/mol. The third-order valence-corrected chi connectivity index (χ3v) is 2.76. The van der Waals surface area contributed by atoms with E-state index in [-0.39, 0.29) is 12.6 Å². The molecule has 0 amide bonds. The SMILES string of the molecule is CCCCCNC(CO)Cc1ccccc1. The van der Waals surface area contributed by atoms with Crippen molar-refractivity contribution in [3.63, 3.8) is 0 Å². The molecule has 0 heterocycles. The smallest absolute Gasteiger partial charge is 0.0587 e. The molecule has 16 heavy (non-hydrogen) atoms. The van der Waals surface area contributed by atoms with E-state index in [0.29, 0.717) is 0 Å². The Morgan fingerprint density at radius 1 is 1.19 bits per heavy atom. The maximum atomic E-state index is 9.28. The van der Waals surface area contributed by atoms with Gasteiger partial charge >= 0.3 is 0 Å². The van der Waals surface area contributed by atoms with Crippen LogP contribution in [0.15, 0.2) is 30.3 Å². The first-order chi connectivity index (χ1) is 7.86. The van der Waals surface area contributed by atoms with Crippen molar-refractivity contribution < 1.29 is 5.11 Å². The average Bonchev–Trinajstić information content (AvgIpc) is 2.34. The highest BCUT2D eigenvalue weighted by Gasteiger charge is 2.06. The number of nitrogens with one attached hydrogen (secondary N) is 1. The summed E-state index contributed by atoms with van der Waals surface area (Å²) in [6.45, 7) is 3.42. The van der Waals surface area contributed by atoms with Crippen molar-refractivity contribution in [2.75, 3.05) is 13.2 Å². The minimum absolute atomic E-state index is 0.194. The second-order valence-corrected chi connectivity index (χ2v) is 4.23. The molecule has 0 aliphatic carbocycles. The Morgan fingerprint density at radius 3 is 2.56 bits per heavy atom. The lowest BCUT2D eigenvalue weighted by Gasteiger charge is -2.16. The van der Waals surface area contributed by atoms with Crippen LogP contribution in [0.1, 0.15) is 31.7 Å². The highest BCUT2D eigenvalue weighted by molar-refractivity contribution is 5.15.